The molecular formula is C9H4F2N2O3. The maximum absolute atomic E-state index is 13.2. The largest absolute Gasteiger partial charge is 0.475 e. The Bertz CT molecular complexity index is 553. The van der Waals surface area contributed by atoms with Gasteiger partial charge in [-0.1, -0.05) is 0 Å². The molecule has 2 aromatic rings. The van der Waals surface area contributed by atoms with E-state index in [0.717, 1.165) is 12.1 Å². The van der Waals surface area contributed by atoms with Crippen LogP contribution in [0.15, 0.2) is 22.7 Å². The van der Waals surface area contributed by atoms with Gasteiger partial charge >= 0.3 is 5.97 Å². The van der Waals surface area contributed by atoms with Crippen LogP contribution in [0.3, 0.4) is 0 Å². The van der Waals surface area contributed by atoms with Gasteiger partial charge in [0.25, 0.3) is 11.7 Å². The van der Waals surface area contributed by atoms with Crippen molar-refractivity contribution in [2.24, 2.45) is 0 Å². The van der Waals surface area contributed by atoms with Crippen LogP contribution in [0.4, 0.5) is 8.78 Å². The summed E-state index contributed by atoms with van der Waals surface area (Å²) in [5.74, 6) is -3.94. The summed E-state index contributed by atoms with van der Waals surface area (Å²) in [6.45, 7) is 0. The standard InChI is InChI=1S/C9H4F2N2O3/c10-4-1-2-5(6(11)3-4)8-12-7(9(14)15)13-16-8/h1-3H,(H,14,15). The van der Waals surface area contributed by atoms with E-state index in [1.807, 2.05) is 0 Å². The van der Waals surface area contributed by atoms with Gasteiger partial charge in [0.2, 0.25) is 0 Å². The topological polar surface area (TPSA) is 76.2 Å². The maximum Gasteiger partial charge on any atom is 0.377 e. The van der Waals surface area contributed by atoms with Crippen LogP contribution in [0.25, 0.3) is 11.5 Å². The maximum atomic E-state index is 13.2. The molecule has 16 heavy (non-hydrogen) atoms. The van der Waals surface area contributed by atoms with Crippen molar-refractivity contribution in [2.75, 3.05) is 0 Å². The highest BCUT2D eigenvalue weighted by Gasteiger charge is 2.17. The highest BCUT2D eigenvalue weighted by atomic mass is 19.1. The molecule has 0 saturated heterocycles. The van der Waals surface area contributed by atoms with E-state index in [2.05, 4.69) is 14.7 Å². The average Bonchev–Trinajstić information content (AvgIpc) is 2.66. The van der Waals surface area contributed by atoms with E-state index in [-0.39, 0.29) is 11.5 Å². The van der Waals surface area contributed by atoms with Crippen molar-refractivity contribution in [3.63, 3.8) is 0 Å². The number of benzene rings is 1. The number of rotatable bonds is 2. The molecule has 0 atom stereocenters. The molecule has 0 aliphatic rings. The lowest BCUT2D eigenvalue weighted by Crippen LogP contribution is -1.98. The predicted molar refractivity (Wildman–Crippen MR) is 46.6 cm³/mol. The lowest BCUT2D eigenvalue weighted by molar-refractivity contribution is 0.0680. The first-order chi connectivity index (χ1) is 7.58. The Balaban J connectivity index is 2.46. The molecule has 0 spiro atoms. The summed E-state index contributed by atoms with van der Waals surface area (Å²) in [7, 11) is 0. The summed E-state index contributed by atoms with van der Waals surface area (Å²) in [6, 6.07) is 2.73. The highest BCUT2D eigenvalue weighted by molar-refractivity contribution is 5.83. The first-order valence-corrected chi connectivity index (χ1v) is 4.10. The fraction of sp³-hybridized carbons (Fsp3) is 0. The van der Waals surface area contributed by atoms with E-state index in [9.17, 15) is 13.6 Å². The number of hydrogen-bond donors (Lipinski definition) is 1. The molecule has 2 rings (SSSR count). The zero-order valence-corrected chi connectivity index (χ0v) is 7.65. The van der Waals surface area contributed by atoms with E-state index >= 15 is 0 Å². The third-order valence-electron chi connectivity index (χ3n) is 1.78. The highest BCUT2D eigenvalue weighted by Crippen LogP contribution is 2.21. The van der Waals surface area contributed by atoms with Crippen molar-refractivity contribution in [2.45, 2.75) is 0 Å². The smallest absolute Gasteiger partial charge is 0.377 e. The third-order valence-corrected chi connectivity index (χ3v) is 1.78. The second-order valence-corrected chi connectivity index (χ2v) is 2.85. The molecular weight excluding hydrogens is 222 g/mol. The lowest BCUT2D eigenvalue weighted by Gasteiger charge is -1.95. The fourth-order valence-corrected chi connectivity index (χ4v) is 1.08. The molecule has 1 aromatic carbocycles. The number of halogens is 2. The van der Waals surface area contributed by atoms with Crippen molar-refractivity contribution in [3.05, 3.63) is 35.7 Å². The average molecular weight is 226 g/mol. The molecule has 0 aliphatic heterocycles. The van der Waals surface area contributed by atoms with Crippen LogP contribution in [0.2, 0.25) is 0 Å². The third kappa shape index (κ3) is 1.74. The number of carboxylic acid groups (broad SMARTS) is 1. The van der Waals surface area contributed by atoms with Gasteiger partial charge in [0, 0.05) is 6.07 Å². The minimum Gasteiger partial charge on any atom is -0.475 e. The molecule has 1 aromatic heterocycles. The minimum atomic E-state index is -1.39. The molecule has 0 radical (unpaired) electrons. The SMILES string of the molecule is O=C(O)c1noc(-c2ccc(F)cc2F)n1. The zero-order valence-electron chi connectivity index (χ0n) is 7.65. The van der Waals surface area contributed by atoms with Crippen molar-refractivity contribution in [1.29, 1.82) is 0 Å². The molecule has 82 valence electrons. The predicted octanol–water partition coefficient (Wildman–Crippen LogP) is 1.71. The van der Waals surface area contributed by atoms with Crippen LogP contribution in [-0.2, 0) is 0 Å². The number of carboxylic acids is 1. The van der Waals surface area contributed by atoms with Gasteiger partial charge in [0.1, 0.15) is 11.6 Å². The summed E-state index contributed by atoms with van der Waals surface area (Å²) in [5, 5.41) is 11.6. The number of aromatic carboxylic acids is 1. The Hall–Kier alpha value is -2.31. The second-order valence-electron chi connectivity index (χ2n) is 2.85. The summed E-state index contributed by atoms with van der Waals surface area (Å²) in [4.78, 5) is 13.9. The van der Waals surface area contributed by atoms with Crippen molar-refractivity contribution >= 4 is 5.97 Å². The van der Waals surface area contributed by atoms with Crippen LogP contribution in [-0.4, -0.2) is 21.2 Å². The van der Waals surface area contributed by atoms with Crippen LogP contribution < -0.4 is 0 Å². The van der Waals surface area contributed by atoms with E-state index in [0.29, 0.717) is 6.07 Å². The number of aromatic nitrogens is 2. The van der Waals surface area contributed by atoms with E-state index in [4.69, 9.17) is 5.11 Å². The van der Waals surface area contributed by atoms with Gasteiger partial charge in [-0.15, -0.1) is 0 Å². The molecule has 5 nitrogen and oxygen atoms in total. The van der Waals surface area contributed by atoms with Gasteiger partial charge in [-0.25, -0.2) is 13.6 Å². The van der Waals surface area contributed by atoms with Crippen molar-refractivity contribution in [3.8, 4) is 11.5 Å². The lowest BCUT2D eigenvalue weighted by atomic mass is 10.2. The summed E-state index contributed by atoms with van der Waals surface area (Å²) in [5.41, 5.74) is -0.151. The van der Waals surface area contributed by atoms with Gasteiger partial charge in [-0.3, -0.25) is 0 Å². The Labute approximate surface area is 87.3 Å². The Morgan fingerprint density at radius 3 is 2.69 bits per heavy atom. The molecule has 1 N–H and O–H groups in total. The number of carbonyl (C=O) groups is 1. The zero-order chi connectivity index (χ0) is 11.7. The van der Waals surface area contributed by atoms with Gasteiger partial charge in [0.05, 0.1) is 5.56 Å². The first kappa shape index (κ1) is 10.2. The fourth-order valence-electron chi connectivity index (χ4n) is 1.08. The molecule has 0 bridgehead atoms. The van der Waals surface area contributed by atoms with Crippen molar-refractivity contribution < 1.29 is 23.2 Å². The molecule has 0 unspecified atom stereocenters. The second kappa shape index (κ2) is 3.69. The minimum absolute atomic E-state index is 0.151. The summed E-state index contributed by atoms with van der Waals surface area (Å²) < 4.78 is 30.4. The van der Waals surface area contributed by atoms with Crippen LogP contribution >= 0.6 is 0 Å². The quantitative estimate of drug-likeness (QED) is 0.843. The van der Waals surface area contributed by atoms with E-state index in [1.54, 1.807) is 0 Å². The van der Waals surface area contributed by atoms with E-state index in [1.165, 1.54) is 0 Å². The number of nitrogens with zero attached hydrogens (tertiary/aromatic N) is 2. The molecule has 7 heteroatoms. The Kier molecular flexibility index (Phi) is 2.35. The molecule has 0 fully saturated rings. The van der Waals surface area contributed by atoms with Crippen molar-refractivity contribution in [1.82, 2.24) is 10.1 Å². The molecule has 0 aliphatic carbocycles. The van der Waals surface area contributed by atoms with Gasteiger partial charge in [-0.2, -0.15) is 4.98 Å². The van der Waals surface area contributed by atoms with Gasteiger partial charge in [-0.05, 0) is 17.3 Å². The molecule has 1 heterocycles. The van der Waals surface area contributed by atoms with Crippen LogP contribution in [0, 0.1) is 11.6 Å². The van der Waals surface area contributed by atoms with Gasteiger partial charge < -0.3 is 9.63 Å². The van der Waals surface area contributed by atoms with Crippen LogP contribution in [0.5, 0.6) is 0 Å². The number of hydrogen-bond acceptors (Lipinski definition) is 4. The molecule has 0 amide bonds. The summed E-state index contributed by atoms with van der Waals surface area (Å²) in [6.07, 6.45) is 0. The first-order valence-electron chi connectivity index (χ1n) is 4.10. The Morgan fingerprint density at radius 2 is 2.12 bits per heavy atom. The molecule has 0 saturated carbocycles. The monoisotopic (exact) mass is 226 g/mol. The normalized spacial score (nSPS) is 10.4. The summed E-state index contributed by atoms with van der Waals surface area (Å²) >= 11 is 0. The van der Waals surface area contributed by atoms with Crippen LogP contribution in [0.1, 0.15) is 10.6 Å². The Morgan fingerprint density at radius 1 is 1.38 bits per heavy atom. The van der Waals surface area contributed by atoms with E-state index < -0.39 is 23.4 Å². The van der Waals surface area contributed by atoms with Gasteiger partial charge in [0.15, 0.2) is 0 Å².